The summed E-state index contributed by atoms with van der Waals surface area (Å²) in [7, 11) is 0. The van der Waals surface area contributed by atoms with Gasteiger partial charge in [-0.25, -0.2) is 4.79 Å². The maximum atomic E-state index is 12.1. The van der Waals surface area contributed by atoms with E-state index in [-0.39, 0.29) is 11.1 Å². The second kappa shape index (κ2) is 6.33. The first-order valence-electron chi connectivity index (χ1n) is 7.05. The highest BCUT2D eigenvalue weighted by molar-refractivity contribution is 6.30. The van der Waals surface area contributed by atoms with Crippen LogP contribution in [0.4, 0.5) is 0 Å². The van der Waals surface area contributed by atoms with E-state index < -0.39 is 24.4 Å². The van der Waals surface area contributed by atoms with E-state index in [1.807, 2.05) is 0 Å². The zero-order valence-electron chi connectivity index (χ0n) is 12.6. The standard InChI is InChI=1S/C17H12ClNO5/c1-10-6-7-11(18)8-14(10)23-9-15(20)24-19-16(21)12-4-2-3-5-13(12)17(19)22/h2-8H,9H2,1H3. The number of imide groups is 1. The van der Waals surface area contributed by atoms with Crippen LogP contribution in [0.5, 0.6) is 5.75 Å². The Balaban J connectivity index is 1.65. The van der Waals surface area contributed by atoms with Crippen molar-refractivity contribution >= 4 is 29.4 Å². The zero-order chi connectivity index (χ0) is 17.3. The summed E-state index contributed by atoms with van der Waals surface area (Å²) in [6.45, 7) is 1.33. The molecular formula is C17H12ClNO5. The van der Waals surface area contributed by atoms with Crippen molar-refractivity contribution in [3.8, 4) is 5.75 Å². The lowest BCUT2D eigenvalue weighted by Crippen LogP contribution is -2.34. The molecule has 1 aliphatic heterocycles. The van der Waals surface area contributed by atoms with E-state index in [2.05, 4.69) is 0 Å². The van der Waals surface area contributed by atoms with E-state index in [0.29, 0.717) is 15.8 Å². The second-order valence-electron chi connectivity index (χ2n) is 5.11. The fraction of sp³-hybridized carbons (Fsp3) is 0.118. The number of carbonyl (C=O) groups excluding carboxylic acids is 3. The summed E-state index contributed by atoms with van der Waals surface area (Å²) in [4.78, 5) is 40.9. The molecule has 0 unspecified atom stereocenters. The largest absolute Gasteiger partial charge is 0.481 e. The van der Waals surface area contributed by atoms with E-state index in [4.69, 9.17) is 21.2 Å². The van der Waals surface area contributed by atoms with Crippen LogP contribution in [0, 0.1) is 6.92 Å². The number of halogens is 1. The third-order valence-corrected chi connectivity index (χ3v) is 3.68. The normalized spacial score (nSPS) is 13.0. The topological polar surface area (TPSA) is 72.9 Å². The maximum absolute atomic E-state index is 12.1. The predicted octanol–water partition coefficient (Wildman–Crippen LogP) is 2.78. The van der Waals surface area contributed by atoms with Gasteiger partial charge in [-0.05, 0) is 36.8 Å². The van der Waals surface area contributed by atoms with Gasteiger partial charge in [0.1, 0.15) is 5.75 Å². The Morgan fingerprint density at radius 1 is 1.08 bits per heavy atom. The molecule has 0 saturated carbocycles. The molecule has 6 nitrogen and oxygen atoms in total. The van der Waals surface area contributed by atoms with E-state index >= 15 is 0 Å². The van der Waals surface area contributed by atoms with Gasteiger partial charge in [0.2, 0.25) is 0 Å². The average Bonchev–Trinajstić information content (AvgIpc) is 2.81. The molecule has 1 aliphatic rings. The van der Waals surface area contributed by atoms with Gasteiger partial charge < -0.3 is 9.57 Å². The zero-order valence-corrected chi connectivity index (χ0v) is 13.4. The van der Waals surface area contributed by atoms with Crippen LogP contribution in [-0.4, -0.2) is 29.5 Å². The van der Waals surface area contributed by atoms with Crippen molar-refractivity contribution in [2.45, 2.75) is 6.92 Å². The van der Waals surface area contributed by atoms with Crippen LogP contribution in [0.15, 0.2) is 42.5 Å². The highest BCUT2D eigenvalue weighted by Gasteiger charge is 2.38. The summed E-state index contributed by atoms with van der Waals surface area (Å²) in [6, 6.07) is 11.2. The summed E-state index contributed by atoms with van der Waals surface area (Å²) in [6.07, 6.45) is 0. The molecule has 0 N–H and O–H groups in total. The minimum Gasteiger partial charge on any atom is -0.481 e. The molecule has 0 spiro atoms. The molecule has 2 amide bonds. The third-order valence-electron chi connectivity index (χ3n) is 3.45. The number of aryl methyl sites for hydroxylation is 1. The molecule has 2 aromatic carbocycles. The molecule has 0 aliphatic carbocycles. The van der Waals surface area contributed by atoms with Crippen LogP contribution < -0.4 is 4.74 Å². The monoisotopic (exact) mass is 345 g/mol. The Bertz CT molecular complexity index is 814. The number of benzene rings is 2. The number of hydrogen-bond donors (Lipinski definition) is 0. The van der Waals surface area contributed by atoms with Gasteiger partial charge in [-0.15, -0.1) is 0 Å². The molecule has 3 rings (SSSR count). The molecule has 0 atom stereocenters. The molecule has 24 heavy (non-hydrogen) atoms. The van der Waals surface area contributed by atoms with Gasteiger partial charge in [0.15, 0.2) is 6.61 Å². The van der Waals surface area contributed by atoms with Gasteiger partial charge in [-0.1, -0.05) is 34.9 Å². The van der Waals surface area contributed by atoms with Gasteiger partial charge in [0, 0.05) is 5.02 Å². The number of nitrogens with zero attached hydrogens (tertiary/aromatic N) is 1. The Morgan fingerprint density at radius 3 is 2.33 bits per heavy atom. The highest BCUT2D eigenvalue weighted by Crippen LogP contribution is 2.24. The maximum Gasteiger partial charge on any atom is 0.370 e. The molecule has 0 saturated heterocycles. The lowest BCUT2D eigenvalue weighted by Gasteiger charge is -2.13. The van der Waals surface area contributed by atoms with Crippen molar-refractivity contribution in [1.29, 1.82) is 0 Å². The summed E-state index contributed by atoms with van der Waals surface area (Å²) in [5.41, 5.74) is 1.18. The number of hydroxylamine groups is 2. The fourth-order valence-electron chi connectivity index (χ4n) is 2.24. The molecule has 0 radical (unpaired) electrons. The first-order chi connectivity index (χ1) is 11.5. The molecule has 122 valence electrons. The molecule has 0 bridgehead atoms. The predicted molar refractivity (Wildman–Crippen MR) is 84.7 cm³/mol. The smallest absolute Gasteiger partial charge is 0.370 e. The van der Waals surface area contributed by atoms with E-state index in [9.17, 15) is 14.4 Å². The Hall–Kier alpha value is -2.86. The van der Waals surface area contributed by atoms with Gasteiger partial charge in [-0.2, -0.15) is 0 Å². The minimum absolute atomic E-state index is 0.196. The second-order valence-corrected chi connectivity index (χ2v) is 5.55. The third kappa shape index (κ3) is 2.96. The lowest BCUT2D eigenvalue weighted by atomic mass is 10.1. The summed E-state index contributed by atoms with van der Waals surface area (Å²) in [5.74, 6) is -1.81. The fourth-order valence-corrected chi connectivity index (χ4v) is 2.41. The molecule has 2 aromatic rings. The van der Waals surface area contributed by atoms with Gasteiger partial charge >= 0.3 is 5.97 Å². The van der Waals surface area contributed by atoms with E-state index in [0.717, 1.165) is 5.56 Å². The van der Waals surface area contributed by atoms with Crippen molar-refractivity contribution in [2.75, 3.05) is 6.61 Å². The summed E-state index contributed by atoms with van der Waals surface area (Å²) >= 11 is 5.87. The SMILES string of the molecule is Cc1ccc(Cl)cc1OCC(=O)ON1C(=O)c2ccccc2C1=O. The summed E-state index contributed by atoms with van der Waals surface area (Å²) in [5, 5.41) is 0.908. The van der Waals surface area contributed by atoms with Crippen molar-refractivity contribution in [3.63, 3.8) is 0 Å². The van der Waals surface area contributed by atoms with Crippen molar-refractivity contribution in [3.05, 3.63) is 64.2 Å². The first-order valence-corrected chi connectivity index (χ1v) is 7.42. The minimum atomic E-state index is -0.871. The molecule has 0 aromatic heterocycles. The number of rotatable bonds is 4. The number of ether oxygens (including phenoxy) is 1. The number of amides is 2. The van der Waals surface area contributed by atoms with Crippen molar-refractivity contribution < 1.29 is 24.0 Å². The average molecular weight is 346 g/mol. The van der Waals surface area contributed by atoms with E-state index in [1.54, 1.807) is 37.3 Å². The quantitative estimate of drug-likeness (QED) is 0.797. The Labute approximate surface area is 142 Å². The number of hydrogen-bond acceptors (Lipinski definition) is 5. The van der Waals surface area contributed by atoms with Gasteiger partial charge in [0.05, 0.1) is 11.1 Å². The highest BCUT2D eigenvalue weighted by atomic mass is 35.5. The Kier molecular flexibility index (Phi) is 4.22. The van der Waals surface area contributed by atoms with Gasteiger partial charge in [0.25, 0.3) is 11.8 Å². The van der Waals surface area contributed by atoms with Crippen LogP contribution >= 0.6 is 11.6 Å². The van der Waals surface area contributed by atoms with E-state index in [1.165, 1.54) is 12.1 Å². The van der Waals surface area contributed by atoms with Crippen LogP contribution in [0.1, 0.15) is 26.3 Å². The lowest BCUT2D eigenvalue weighted by molar-refractivity contribution is -0.170. The van der Waals surface area contributed by atoms with Crippen LogP contribution in [0.2, 0.25) is 5.02 Å². The van der Waals surface area contributed by atoms with Crippen LogP contribution in [-0.2, 0) is 9.63 Å². The van der Waals surface area contributed by atoms with Crippen molar-refractivity contribution in [2.24, 2.45) is 0 Å². The first kappa shape index (κ1) is 16.0. The van der Waals surface area contributed by atoms with Crippen LogP contribution in [0.3, 0.4) is 0 Å². The molecule has 7 heteroatoms. The molecule has 0 fully saturated rings. The molecular weight excluding hydrogens is 334 g/mol. The Morgan fingerprint density at radius 2 is 1.71 bits per heavy atom. The van der Waals surface area contributed by atoms with Crippen LogP contribution in [0.25, 0.3) is 0 Å². The number of fused-ring (bicyclic) bond motifs is 1. The van der Waals surface area contributed by atoms with Crippen molar-refractivity contribution in [1.82, 2.24) is 5.06 Å². The molecule has 1 heterocycles. The number of carbonyl (C=O) groups is 3. The summed E-state index contributed by atoms with van der Waals surface area (Å²) < 4.78 is 5.33. The van der Waals surface area contributed by atoms with Gasteiger partial charge in [-0.3, -0.25) is 9.59 Å².